The summed E-state index contributed by atoms with van der Waals surface area (Å²) in [6.07, 6.45) is 1.37. The van der Waals surface area contributed by atoms with Gasteiger partial charge in [-0.15, -0.1) is 0 Å². The van der Waals surface area contributed by atoms with E-state index in [4.69, 9.17) is 4.74 Å². The molecule has 0 bridgehead atoms. The molecule has 0 aliphatic heterocycles. The first-order valence-electron chi connectivity index (χ1n) is 5.27. The van der Waals surface area contributed by atoms with Crippen LogP contribution in [0.15, 0.2) is 24.3 Å². The molecule has 17 heavy (non-hydrogen) atoms. The van der Waals surface area contributed by atoms with Crippen molar-refractivity contribution in [2.45, 2.75) is 18.6 Å². The molecule has 1 aromatic rings. The summed E-state index contributed by atoms with van der Waals surface area (Å²) >= 11 is 0. The van der Waals surface area contributed by atoms with Gasteiger partial charge in [-0.25, -0.2) is 8.42 Å². The molecule has 0 aliphatic rings. The molecule has 0 saturated heterocycles. The van der Waals surface area contributed by atoms with Gasteiger partial charge in [0.2, 0.25) is 0 Å². The third kappa shape index (κ3) is 3.30. The van der Waals surface area contributed by atoms with E-state index in [0.717, 1.165) is 6.26 Å². The quantitative estimate of drug-likeness (QED) is 0.752. The van der Waals surface area contributed by atoms with Gasteiger partial charge < -0.3 is 4.74 Å². The summed E-state index contributed by atoms with van der Waals surface area (Å²) < 4.78 is 27.9. The molecule has 94 valence electrons. The number of ether oxygens (including phenoxy) is 1. The van der Waals surface area contributed by atoms with Crippen LogP contribution < -0.4 is 4.74 Å². The van der Waals surface area contributed by atoms with E-state index in [1.54, 1.807) is 31.2 Å². The zero-order valence-corrected chi connectivity index (χ0v) is 11.0. The molecule has 0 aromatic heterocycles. The Kier molecular flexibility index (Phi) is 4.28. The predicted octanol–water partition coefficient (Wildman–Crippen LogP) is 1.70. The Labute approximate surface area is 102 Å². The molecule has 0 aliphatic carbocycles. The number of hydrogen-bond acceptors (Lipinski definition) is 4. The number of sulfone groups is 1. The number of benzene rings is 1. The fourth-order valence-electron chi connectivity index (χ4n) is 1.62. The maximum atomic E-state index is 12.0. The first-order chi connectivity index (χ1) is 7.90. The van der Waals surface area contributed by atoms with E-state index < -0.39 is 15.1 Å². The molecular formula is C12H16O4S. The van der Waals surface area contributed by atoms with E-state index in [2.05, 4.69) is 0 Å². The highest BCUT2D eigenvalue weighted by atomic mass is 32.2. The largest absolute Gasteiger partial charge is 0.497 e. The number of rotatable bonds is 5. The SMILES string of the molecule is CC[C@H](C(=O)c1ccc(OC)cc1)S(C)(=O)=O. The lowest BCUT2D eigenvalue weighted by Gasteiger charge is -2.11. The molecule has 0 spiro atoms. The number of carbonyl (C=O) groups excluding carboxylic acids is 1. The van der Waals surface area contributed by atoms with Crippen molar-refractivity contribution >= 4 is 15.6 Å². The topological polar surface area (TPSA) is 60.4 Å². The smallest absolute Gasteiger partial charge is 0.180 e. The number of hydrogen-bond donors (Lipinski definition) is 0. The van der Waals surface area contributed by atoms with Crippen molar-refractivity contribution in [2.24, 2.45) is 0 Å². The summed E-state index contributed by atoms with van der Waals surface area (Å²) in [6, 6.07) is 6.44. The summed E-state index contributed by atoms with van der Waals surface area (Å²) in [5, 5.41) is -0.962. The maximum absolute atomic E-state index is 12.0. The van der Waals surface area contributed by atoms with Gasteiger partial charge in [0.25, 0.3) is 0 Å². The molecule has 0 radical (unpaired) electrons. The van der Waals surface area contributed by atoms with Crippen LogP contribution >= 0.6 is 0 Å². The second kappa shape index (κ2) is 5.31. The van der Waals surface area contributed by atoms with Gasteiger partial charge in [-0.3, -0.25) is 4.79 Å². The number of ketones is 1. The zero-order chi connectivity index (χ0) is 13.1. The summed E-state index contributed by atoms with van der Waals surface area (Å²) in [4.78, 5) is 12.0. The predicted molar refractivity (Wildman–Crippen MR) is 66.2 cm³/mol. The molecule has 0 N–H and O–H groups in total. The summed E-state index contributed by atoms with van der Waals surface area (Å²) in [7, 11) is -1.83. The van der Waals surface area contributed by atoms with Crippen LogP contribution in [0, 0.1) is 0 Å². The van der Waals surface area contributed by atoms with E-state index in [-0.39, 0.29) is 12.2 Å². The van der Waals surface area contributed by atoms with Crippen LogP contribution in [0.4, 0.5) is 0 Å². The van der Waals surface area contributed by atoms with Crippen LogP contribution in [0.1, 0.15) is 23.7 Å². The van der Waals surface area contributed by atoms with Gasteiger partial charge in [0, 0.05) is 11.8 Å². The minimum Gasteiger partial charge on any atom is -0.497 e. The van der Waals surface area contributed by atoms with Gasteiger partial charge in [-0.2, -0.15) is 0 Å². The fourth-order valence-corrected chi connectivity index (χ4v) is 2.75. The molecule has 0 unspecified atom stereocenters. The lowest BCUT2D eigenvalue weighted by molar-refractivity contribution is 0.0985. The normalized spacial score (nSPS) is 13.1. The Hall–Kier alpha value is -1.36. The summed E-state index contributed by atoms with van der Waals surface area (Å²) in [6.45, 7) is 1.69. The van der Waals surface area contributed by atoms with Crippen LogP contribution in [-0.4, -0.2) is 32.8 Å². The molecule has 0 saturated carbocycles. The molecule has 4 nitrogen and oxygen atoms in total. The van der Waals surface area contributed by atoms with Gasteiger partial charge in [-0.05, 0) is 30.7 Å². The maximum Gasteiger partial charge on any atom is 0.180 e. The van der Waals surface area contributed by atoms with Crippen LogP contribution in [0.3, 0.4) is 0 Å². The Balaban J connectivity index is 3.02. The molecule has 0 amide bonds. The van der Waals surface area contributed by atoms with Crippen molar-refractivity contribution < 1.29 is 17.9 Å². The number of carbonyl (C=O) groups is 1. The average molecular weight is 256 g/mol. The van der Waals surface area contributed by atoms with Gasteiger partial charge in [-0.1, -0.05) is 6.92 Å². The van der Waals surface area contributed by atoms with E-state index in [1.807, 2.05) is 0 Å². The Morgan fingerprint density at radius 2 is 1.82 bits per heavy atom. The Morgan fingerprint density at radius 1 is 1.29 bits per heavy atom. The van der Waals surface area contributed by atoms with Gasteiger partial charge >= 0.3 is 0 Å². The minimum absolute atomic E-state index is 0.281. The van der Waals surface area contributed by atoms with Crippen molar-refractivity contribution in [3.05, 3.63) is 29.8 Å². The van der Waals surface area contributed by atoms with E-state index in [0.29, 0.717) is 11.3 Å². The van der Waals surface area contributed by atoms with Crippen LogP contribution in [-0.2, 0) is 9.84 Å². The molecule has 0 heterocycles. The van der Waals surface area contributed by atoms with E-state index in [1.165, 1.54) is 7.11 Å². The van der Waals surface area contributed by atoms with Crippen molar-refractivity contribution in [1.82, 2.24) is 0 Å². The molecule has 1 atom stereocenters. The van der Waals surface area contributed by atoms with E-state index >= 15 is 0 Å². The van der Waals surface area contributed by atoms with Crippen LogP contribution in [0.25, 0.3) is 0 Å². The highest BCUT2D eigenvalue weighted by molar-refractivity contribution is 7.92. The van der Waals surface area contributed by atoms with Crippen molar-refractivity contribution in [1.29, 1.82) is 0 Å². The van der Waals surface area contributed by atoms with Gasteiger partial charge in [0.15, 0.2) is 15.6 Å². The fraction of sp³-hybridized carbons (Fsp3) is 0.417. The Morgan fingerprint density at radius 3 is 2.18 bits per heavy atom. The zero-order valence-electron chi connectivity index (χ0n) is 10.1. The molecule has 1 rings (SSSR count). The standard InChI is InChI=1S/C12H16O4S/c1-4-11(17(3,14)15)12(13)9-5-7-10(16-2)8-6-9/h5-8,11H,4H2,1-3H3/t11-/m1/s1. The lowest BCUT2D eigenvalue weighted by Crippen LogP contribution is -2.28. The molecule has 0 fully saturated rings. The van der Waals surface area contributed by atoms with Gasteiger partial charge in [0.05, 0.1) is 7.11 Å². The van der Waals surface area contributed by atoms with E-state index in [9.17, 15) is 13.2 Å². The number of methoxy groups -OCH3 is 1. The summed E-state index contributed by atoms with van der Waals surface area (Å²) in [5.74, 6) is 0.270. The molecular weight excluding hydrogens is 240 g/mol. The second-order valence-electron chi connectivity index (χ2n) is 3.82. The summed E-state index contributed by atoms with van der Waals surface area (Å²) in [5.41, 5.74) is 0.392. The third-order valence-corrected chi connectivity index (χ3v) is 4.14. The van der Waals surface area contributed by atoms with Crippen LogP contribution in [0.2, 0.25) is 0 Å². The Bertz CT molecular complexity index is 488. The average Bonchev–Trinajstić information content (AvgIpc) is 2.28. The van der Waals surface area contributed by atoms with Crippen molar-refractivity contribution in [3.8, 4) is 5.75 Å². The molecule has 5 heteroatoms. The second-order valence-corrected chi connectivity index (χ2v) is 6.05. The highest BCUT2D eigenvalue weighted by Crippen LogP contribution is 2.16. The third-order valence-electron chi connectivity index (χ3n) is 2.55. The first-order valence-corrected chi connectivity index (χ1v) is 7.22. The van der Waals surface area contributed by atoms with Gasteiger partial charge in [0.1, 0.15) is 11.0 Å². The monoisotopic (exact) mass is 256 g/mol. The minimum atomic E-state index is -3.36. The lowest BCUT2D eigenvalue weighted by atomic mass is 10.1. The van der Waals surface area contributed by atoms with Crippen molar-refractivity contribution in [3.63, 3.8) is 0 Å². The highest BCUT2D eigenvalue weighted by Gasteiger charge is 2.27. The number of Topliss-reactive ketones (excluding diaryl/α,β-unsaturated/α-hetero) is 1. The van der Waals surface area contributed by atoms with Crippen LogP contribution in [0.5, 0.6) is 5.75 Å². The first kappa shape index (κ1) is 13.7. The molecule has 1 aromatic carbocycles. The van der Waals surface area contributed by atoms with Crippen molar-refractivity contribution in [2.75, 3.05) is 13.4 Å².